The van der Waals surface area contributed by atoms with Gasteiger partial charge < -0.3 is 4.90 Å². The maximum atomic E-state index is 11.9. The number of aryl methyl sites for hydroxylation is 1. The van der Waals surface area contributed by atoms with Crippen LogP contribution in [0.4, 0.5) is 4.79 Å². The number of hydrogen-bond donors (Lipinski definition) is 1. The minimum Gasteiger partial charge on any atom is -0.302 e. The lowest BCUT2D eigenvalue weighted by atomic mass is 9.91. The number of carbonyl (C=O) groups excluding carboxylic acids is 2. The molecule has 2 heterocycles. The summed E-state index contributed by atoms with van der Waals surface area (Å²) in [7, 11) is 1.65. The van der Waals surface area contributed by atoms with Crippen LogP contribution in [0.25, 0.3) is 0 Å². The first-order chi connectivity index (χ1) is 8.53. The molecule has 1 aliphatic rings. The minimum atomic E-state index is -0.795. The van der Waals surface area contributed by atoms with E-state index >= 15 is 0 Å². The topological polar surface area (TPSA) is 93.0 Å². The SMILES string of the molecule is CCC1(CC)C(=O)NC(=O)N1Cc1nnn(C)n1. The fraction of sp³-hybridized carbons (Fsp3) is 0.700. The Labute approximate surface area is 104 Å². The third-order valence-corrected chi connectivity index (χ3v) is 3.42. The maximum absolute atomic E-state index is 11.9. The summed E-state index contributed by atoms with van der Waals surface area (Å²) >= 11 is 0. The molecule has 1 N–H and O–H groups in total. The highest BCUT2D eigenvalue weighted by Crippen LogP contribution is 2.30. The molecule has 0 aromatic carbocycles. The van der Waals surface area contributed by atoms with Crippen molar-refractivity contribution >= 4 is 11.9 Å². The average molecular weight is 252 g/mol. The van der Waals surface area contributed by atoms with Crippen molar-refractivity contribution in [3.05, 3.63) is 5.82 Å². The summed E-state index contributed by atoms with van der Waals surface area (Å²) < 4.78 is 0. The monoisotopic (exact) mass is 252 g/mol. The van der Waals surface area contributed by atoms with Crippen LogP contribution < -0.4 is 5.32 Å². The van der Waals surface area contributed by atoms with Crippen LogP contribution in [0, 0.1) is 0 Å². The number of nitrogens with one attached hydrogen (secondary N) is 1. The maximum Gasteiger partial charge on any atom is 0.325 e. The Kier molecular flexibility index (Phi) is 3.02. The molecule has 0 atom stereocenters. The van der Waals surface area contributed by atoms with Gasteiger partial charge in [-0.15, -0.1) is 10.2 Å². The molecule has 0 spiro atoms. The first-order valence-corrected chi connectivity index (χ1v) is 5.89. The molecular weight excluding hydrogens is 236 g/mol. The van der Waals surface area contributed by atoms with Gasteiger partial charge in [0, 0.05) is 0 Å². The Hall–Kier alpha value is -1.99. The van der Waals surface area contributed by atoms with Crippen molar-refractivity contribution in [3.8, 4) is 0 Å². The average Bonchev–Trinajstić information content (AvgIpc) is 2.84. The molecule has 1 aromatic rings. The lowest BCUT2D eigenvalue weighted by Gasteiger charge is -2.32. The molecule has 1 fully saturated rings. The summed E-state index contributed by atoms with van der Waals surface area (Å²) in [4.78, 5) is 26.6. The quantitative estimate of drug-likeness (QED) is 0.750. The summed E-state index contributed by atoms with van der Waals surface area (Å²) in [6.07, 6.45) is 1.11. The molecule has 0 bridgehead atoms. The summed E-state index contributed by atoms with van der Waals surface area (Å²) in [5, 5.41) is 13.9. The Bertz CT molecular complexity index is 478. The fourth-order valence-electron chi connectivity index (χ4n) is 2.30. The van der Waals surface area contributed by atoms with Crippen LogP contribution in [0.3, 0.4) is 0 Å². The predicted octanol–water partition coefficient (Wildman–Crippen LogP) is -0.179. The van der Waals surface area contributed by atoms with E-state index in [0.717, 1.165) is 0 Å². The van der Waals surface area contributed by atoms with Crippen molar-refractivity contribution in [1.29, 1.82) is 0 Å². The van der Waals surface area contributed by atoms with Gasteiger partial charge in [0.05, 0.1) is 13.6 Å². The zero-order chi connectivity index (χ0) is 13.3. The van der Waals surface area contributed by atoms with E-state index in [9.17, 15) is 9.59 Å². The number of rotatable bonds is 4. The van der Waals surface area contributed by atoms with Crippen LogP contribution in [0.2, 0.25) is 0 Å². The van der Waals surface area contributed by atoms with E-state index in [4.69, 9.17) is 0 Å². The van der Waals surface area contributed by atoms with Crippen molar-refractivity contribution in [2.24, 2.45) is 7.05 Å². The van der Waals surface area contributed by atoms with Gasteiger partial charge in [-0.05, 0) is 18.1 Å². The van der Waals surface area contributed by atoms with Gasteiger partial charge in [-0.25, -0.2) is 4.79 Å². The highest BCUT2D eigenvalue weighted by molar-refractivity contribution is 6.06. The van der Waals surface area contributed by atoms with Gasteiger partial charge in [-0.3, -0.25) is 10.1 Å². The first kappa shape index (κ1) is 12.5. The standard InChI is InChI=1S/C10H16N6O2/c1-4-10(5-2)8(17)11-9(18)16(10)6-7-12-14-15(3)13-7/h4-6H2,1-3H3,(H,11,17,18). The number of aromatic nitrogens is 4. The number of amides is 3. The fourth-order valence-corrected chi connectivity index (χ4v) is 2.30. The second-order valence-electron chi connectivity index (χ2n) is 4.28. The third-order valence-electron chi connectivity index (χ3n) is 3.42. The Balaban J connectivity index is 2.29. The molecule has 1 aliphatic heterocycles. The van der Waals surface area contributed by atoms with Crippen LogP contribution in [-0.4, -0.2) is 42.6 Å². The number of tetrazole rings is 1. The number of urea groups is 1. The van der Waals surface area contributed by atoms with Crippen molar-refractivity contribution in [2.45, 2.75) is 38.8 Å². The normalized spacial score (nSPS) is 18.3. The molecule has 8 heteroatoms. The molecule has 0 unspecified atom stereocenters. The highest BCUT2D eigenvalue weighted by atomic mass is 16.2. The van der Waals surface area contributed by atoms with Crippen molar-refractivity contribution in [3.63, 3.8) is 0 Å². The number of nitrogens with zero attached hydrogens (tertiary/aromatic N) is 5. The molecule has 1 saturated heterocycles. The molecule has 8 nitrogen and oxygen atoms in total. The Morgan fingerprint density at radius 1 is 1.28 bits per heavy atom. The summed E-state index contributed by atoms with van der Waals surface area (Å²) in [6, 6.07) is -0.392. The van der Waals surface area contributed by atoms with Crippen LogP contribution in [0.1, 0.15) is 32.5 Å². The van der Waals surface area contributed by atoms with E-state index in [-0.39, 0.29) is 12.5 Å². The van der Waals surface area contributed by atoms with Crippen LogP contribution >= 0.6 is 0 Å². The number of hydrogen-bond acceptors (Lipinski definition) is 5. The molecule has 1 aromatic heterocycles. The molecule has 18 heavy (non-hydrogen) atoms. The molecule has 0 saturated carbocycles. The Morgan fingerprint density at radius 2 is 1.94 bits per heavy atom. The second kappa shape index (κ2) is 4.35. The molecule has 2 rings (SSSR count). The first-order valence-electron chi connectivity index (χ1n) is 5.89. The van der Waals surface area contributed by atoms with E-state index in [1.54, 1.807) is 7.05 Å². The zero-order valence-corrected chi connectivity index (χ0v) is 10.7. The van der Waals surface area contributed by atoms with Crippen LogP contribution in [0.5, 0.6) is 0 Å². The number of imide groups is 1. The highest BCUT2D eigenvalue weighted by Gasteiger charge is 2.50. The summed E-state index contributed by atoms with van der Waals surface area (Å²) in [5.41, 5.74) is -0.795. The predicted molar refractivity (Wildman–Crippen MR) is 61.2 cm³/mol. The van der Waals surface area contributed by atoms with Gasteiger partial charge in [-0.2, -0.15) is 4.80 Å². The second-order valence-corrected chi connectivity index (χ2v) is 4.28. The van der Waals surface area contributed by atoms with E-state index in [2.05, 4.69) is 20.7 Å². The molecule has 0 aliphatic carbocycles. The van der Waals surface area contributed by atoms with Crippen molar-refractivity contribution < 1.29 is 9.59 Å². The van der Waals surface area contributed by atoms with Gasteiger partial charge in [0.1, 0.15) is 5.54 Å². The molecule has 0 radical (unpaired) electrons. The molecular formula is C10H16N6O2. The smallest absolute Gasteiger partial charge is 0.302 e. The lowest BCUT2D eigenvalue weighted by molar-refractivity contribution is -0.127. The van der Waals surface area contributed by atoms with E-state index < -0.39 is 11.6 Å². The van der Waals surface area contributed by atoms with E-state index in [1.165, 1.54) is 9.70 Å². The van der Waals surface area contributed by atoms with Gasteiger partial charge in [0.25, 0.3) is 5.91 Å². The van der Waals surface area contributed by atoms with Crippen molar-refractivity contribution in [2.75, 3.05) is 0 Å². The van der Waals surface area contributed by atoms with Gasteiger partial charge in [0.15, 0.2) is 5.82 Å². The van der Waals surface area contributed by atoms with Gasteiger partial charge >= 0.3 is 6.03 Å². The van der Waals surface area contributed by atoms with E-state index in [0.29, 0.717) is 18.7 Å². The summed E-state index contributed by atoms with van der Waals surface area (Å²) in [5.74, 6) is 0.176. The third kappa shape index (κ3) is 1.73. The summed E-state index contributed by atoms with van der Waals surface area (Å²) in [6.45, 7) is 3.96. The van der Waals surface area contributed by atoms with Crippen LogP contribution in [-0.2, 0) is 18.4 Å². The number of carbonyl (C=O) groups is 2. The van der Waals surface area contributed by atoms with Crippen LogP contribution in [0.15, 0.2) is 0 Å². The largest absolute Gasteiger partial charge is 0.325 e. The minimum absolute atomic E-state index is 0.188. The molecule has 98 valence electrons. The Morgan fingerprint density at radius 3 is 2.44 bits per heavy atom. The molecule has 3 amide bonds. The van der Waals surface area contributed by atoms with E-state index in [1.807, 2.05) is 13.8 Å². The van der Waals surface area contributed by atoms with Gasteiger partial charge in [-0.1, -0.05) is 13.8 Å². The van der Waals surface area contributed by atoms with Gasteiger partial charge in [0.2, 0.25) is 0 Å². The zero-order valence-electron chi connectivity index (χ0n) is 10.7. The van der Waals surface area contributed by atoms with Crippen molar-refractivity contribution in [1.82, 2.24) is 30.4 Å². The lowest BCUT2D eigenvalue weighted by Crippen LogP contribution is -2.48.